The number of amides is 1. The van der Waals surface area contributed by atoms with Gasteiger partial charge in [0.2, 0.25) is 11.8 Å². The van der Waals surface area contributed by atoms with E-state index < -0.39 is 11.7 Å². The molecule has 5 aromatic rings. The number of halogens is 2. The van der Waals surface area contributed by atoms with Crippen LogP contribution in [0.5, 0.6) is 5.88 Å². The minimum absolute atomic E-state index is 0.0409. The van der Waals surface area contributed by atoms with Gasteiger partial charge in [-0.25, -0.2) is 18.9 Å². The first-order valence-electron chi connectivity index (χ1n) is 9.87. The quantitative estimate of drug-likeness (QED) is 0.351. The molecule has 33 heavy (non-hydrogen) atoms. The fourth-order valence-electron chi connectivity index (χ4n) is 3.30. The molecule has 5 rings (SSSR count). The van der Waals surface area contributed by atoms with Crippen molar-refractivity contribution in [1.29, 1.82) is 0 Å². The average molecular weight is 467 g/mol. The Kier molecular flexibility index (Phi) is 5.37. The summed E-state index contributed by atoms with van der Waals surface area (Å²) in [5.74, 6) is -0.398. The number of hydrogen-bond donors (Lipinski definition) is 3. The summed E-state index contributed by atoms with van der Waals surface area (Å²) in [6.07, 6.45) is 1.47. The van der Waals surface area contributed by atoms with E-state index in [0.29, 0.717) is 22.6 Å². The highest BCUT2D eigenvalue weighted by atomic mass is 35.5. The number of fused-ring (bicyclic) bond motifs is 2. The number of carbonyl (C=O) groups is 1. The second kappa shape index (κ2) is 8.49. The lowest BCUT2D eigenvalue weighted by molar-refractivity contribution is 0.102. The molecule has 3 aromatic heterocycles. The van der Waals surface area contributed by atoms with Crippen molar-refractivity contribution >= 4 is 40.1 Å². The van der Waals surface area contributed by atoms with Crippen molar-refractivity contribution in [3.63, 3.8) is 0 Å². The van der Waals surface area contributed by atoms with Gasteiger partial charge in [0, 0.05) is 6.07 Å². The predicted molar refractivity (Wildman–Crippen MR) is 120 cm³/mol. The molecule has 0 unspecified atom stereocenters. The number of aromatic nitrogens is 5. The SMILES string of the molecule is O=C(Nc1nc2ccc(-c3ccc(F)c(Cl)c3)cc2[nH]1)c1cn2nc(OCCO)ccc2n1. The van der Waals surface area contributed by atoms with Crippen LogP contribution in [-0.2, 0) is 0 Å². The molecule has 2 aromatic carbocycles. The molecule has 1 amide bonds. The zero-order valence-electron chi connectivity index (χ0n) is 16.9. The molecule has 0 saturated carbocycles. The van der Waals surface area contributed by atoms with Crippen molar-refractivity contribution in [2.24, 2.45) is 0 Å². The van der Waals surface area contributed by atoms with Gasteiger partial charge in [0.05, 0.1) is 28.9 Å². The Morgan fingerprint density at radius 2 is 1.97 bits per heavy atom. The summed E-state index contributed by atoms with van der Waals surface area (Å²) in [6, 6.07) is 13.2. The Bertz CT molecular complexity index is 1500. The number of carbonyl (C=O) groups excluding carboxylic acids is 1. The first kappa shape index (κ1) is 20.9. The number of rotatable bonds is 6. The largest absolute Gasteiger partial charge is 0.474 e. The predicted octanol–water partition coefficient (Wildman–Crippen LogP) is 3.69. The van der Waals surface area contributed by atoms with E-state index in [1.807, 2.05) is 12.1 Å². The number of nitrogens with one attached hydrogen (secondary N) is 2. The average Bonchev–Trinajstić information content (AvgIpc) is 3.42. The maximum atomic E-state index is 13.5. The normalized spacial score (nSPS) is 11.2. The molecule has 0 bridgehead atoms. The van der Waals surface area contributed by atoms with E-state index in [1.165, 1.54) is 16.8 Å². The van der Waals surface area contributed by atoms with Crippen LogP contribution < -0.4 is 10.1 Å². The third-order valence-electron chi connectivity index (χ3n) is 4.84. The van der Waals surface area contributed by atoms with Gasteiger partial charge in [0.15, 0.2) is 5.65 Å². The van der Waals surface area contributed by atoms with Crippen molar-refractivity contribution in [1.82, 2.24) is 24.6 Å². The number of aliphatic hydroxyl groups is 1. The monoisotopic (exact) mass is 466 g/mol. The number of benzene rings is 2. The van der Waals surface area contributed by atoms with Gasteiger partial charge in [-0.2, -0.15) is 0 Å². The van der Waals surface area contributed by atoms with Gasteiger partial charge in [-0.1, -0.05) is 23.7 Å². The Morgan fingerprint density at radius 3 is 2.79 bits per heavy atom. The van der Waals surface area contributed by atoms with Crippen molar-refractivity contribution in [2.75, 3.05) is 18.5 Å². The van der Waals surface area contributed by atoms with Crippen LogP contribution in [0.3, 0.4) is 0 Å². The van der Waals surface area contributed by atoms with E-state index >= 15 is 0 Å². The Balaban J connectivity index is 1.37. The lowest BCUT2D eigenvalue weighted by atomic mass is 10.1. The van der Waals surface area contributed by atoms with E-state index in [4.69, 9.17) is 21.4 Å². The number of nitrogens with zero attached hydrogens (tertiary/aromatic N) is 4. The fraction of sp³-hybridized carbons (Fsp3) is 0.0909. The minimum Gasteiger partial charge on any atom is -0.474 e. The van der Waals surface area contributed by atoms with Crippen molar-refractivity contribution in [2.45, 2.75) is 0 Å². The molecule has 166 valence electrons. The number of ether oxygens (including phenoxy) is 1. The number of H-pyrrole nitrogens is 1. The molecular formula is C22H16ClFN6O3. The molecule has 0 fully saturated rings. The highest BCUT2D eigenvalue weighted by Gasteiger charge is 2.15. The minimum atomic E-state index is -0.482. The summed E-state index contributed by atoms with van der Waals surface area (Å²) < 4.78 is 20.1. The summed E-state index contributed by atoms with van der Waals surface area (Å²) in [5.41, 5.74) is 3.50. The Hall–Kier alpha value is -4.02. The number of aromatic amines is 1. The van der Waals surface area contributed by atoms with Crippen LogP contribution in [0.1, 0.15) is 10.5 Å². The van der Waals surface area contributed by atoms with Crippen LogP contribution in [0, 0.1) is 5.82 Å². The summed E-state index contributed by atoms with van der Waals surface area (Å²) in [5, 5.41) is 15.8. The summed E-state index contributed by atoms with van der Waals surface area (Å²) in [6.45, 7) is -0.0174. The van der Waals surface area contributed by atoms with Crippen LogP contribution in [0.2, 0.25) is 5.02 Å². The first-order chi connectivity index (χ1) is 16.0. The smallest absolute Gasteiger partial charge is 0.278 e. The highest BCUT2D eigenvalue weighted by Crippen LogP contribution is 2.27. The van der Waals surface area contributed by atoms with Gasteiger partial charge in [0.25, 0.3) is 5.91 Å². The van der Waals surface area contributed by atoms with Crippen LogP contribution in [-0.4, -0.2) is 48.8 Å². The number of anilines is 1. The molecule has 0 atom stereocenters. The maximum Gasteiger partial charge on any atom is 0.278 e. The number of imidazole rings is 2. The fourth-order valence-corrected chi connectivity index (χ4v) is 3.48. The van der Waals surface area contributed by atoms with Gasteiger partial charge in [-0.05, 0) is 41.5 Å². The number of aliphatic hydroxyl groups excluding tert-OH is 1. The van der Waals surface area contributed by atoms with Gasteiger partial charge in [-0.3, -0.25) is 10.1 Å². The second-order valence-electron chi connectivity index (χ2n) is 7.07. The van der Waals surface area contributed by atoms with E-state index in [2.05, 4.69) is 25.4 Å². The Morgan fingerprint density at radius 1 is 1.15 bits per heavy atom. The summed E-state index contributed by atoms with van der Waals surface area (Å²) >= 11 is 5.89. The molecule has 0 aliphatic rings. The third-order valence-corrected chi connectivity index (χ3v) is 5.13. The lowest BCUT2D eigenvalue weighted by Crippen LogP contribution is -2.13. The molecule has 0 spiro atoms. The Labute approximate surface area is 190 Å². The molecule has 0 radical (unpaired) electrons. The molecule has 0 aliphatic heterocycles. The standard InChI is InChI=1S/C22H16ClFN6O3/c23-14-9-12(1-3-15(14)24)13-2-4-16-17(10-13)27-22(26-16)28-21(32)18-11-30-19(25-18)5-6-20(29-30)33-8-7-31/h1-6,9-11,31H,7-8H2,(H2,26,27,28,32). The van der Waals surface area contributed by atoms with Crippen molar-refractivity contribution < 1.29 is 19.0 Å². The molecule has 0 saturated heterocycles. The third kappa shape index (κ3) is 4.21. The molecule has 3 N–H and O–H groups in total. The van der Waals surface area contributed by atoms with Crippen LogP contribution in [0.15, 0.2) is 54.7 Å². The van der Waals surface area contributed by atoms with Gasteiger partial charge in [0.1, 0.15) is 18.1 Å². The summed E-state index contributed by atoms with van der Waals surface area (Å²) in [7, 11) is 0. The van der Waals surface area contributed by atoms with E-state index in [0.717, 1.165) is 11.1 Å². The summed E-state index contributed by atoms with van der Waals surface area (Å²) in [4.78, 5) is 24.4. The topological polar surface area (TPSA) is 117 Å². The van der Waals surface area contributed by atoms with E-state index in [1.54, 1.807) is 30.3 Å². The lowest BCUT2D eigenvalue weighted by Gasteiger charge is -2.03. The van der Waals surface area contributed by atoms with Crippen molar-refractivity contribution in [3.8, 4) is 17.0 Å². The van der Waals surface area contributed by atoms with Gasteiger partial charge >= 0.3 is 0 Å². The zero-order valence-corrected chi connectivity index (χ0v) is 17.7. The van der Waals surface area contributed by atoms with Gasteiger partial charge < -0.3 is 14.8 Å². The molecular weight excluding hydrogens is 451 g/mol. The number of hydrogen-bond acceptors (Lipinski definition) is 6. The molecule has 0 aliphatic carbocycles. The molecule has 11 heteroatoms. The van der Waals surface area contributed by atoms with E-state index in [-0.39, 0.29) is 29.9 Å². The van der Waals surface area contributed by atoms with Crippen molar-refractivity contribution in [3.05, 3.63) is 71.3 Å². The highest BCUT2D eigenvalue weighted by molar-refractivity contribution is 6.31. The van der Waals surface area contributed by atoms with E-state index in [9.17, 15) is 9.18 Å². The van der Waals surface area contributed by atoms with Crippen LogP contribution in [0.4, 0.5) is 10.3 Å². The maximum absolute atomic E-state index is 13.5. The zero-order chi connectivity index (χ0) is 22.9. The van der Waals surface area contributed by atoms with Crippen LogP contribution in [0.25, 0.3) is 27.8 Å². The molecule has 9 nitrogen and oxygen atoms in total. The van der Waals surface area contributed by atoms with Crippen LogP contribution >= 0.6 is 11.6 Å². The molecule has 3 heterocycles. The first-order valence-corrected chi connectivity index (χ1v) is 10.2. The second-order valence-corrected chi connectivity index (χ2v) is 7.48. The van der Waals surface area contributed by atoms with Gasteiger partial charge in [-0.15, -0.1) is 5.10 Å².